The Kier molecular flexibility index (Phi) is 5.88. The van der Waals surface area contributed by atoms with Crippen LogP contribution in [0.15, 0.2) is 16.9 Å². The zero-order valence-electron chi connectivity index (χ0n) is 14.1. The maximum Gasteiger partial charge on any atom is 0.350 e. The van der Waals surface area contributed by atoms with Crippen LogP contribution in [0, 0.1) is 5.82 Å². The molecule has 0 spiro atoms. The minimum absolute atomic E-state index is 0.126. The number of alkyl halides is 3. The third-order valence-corrected chi connectivity index (χ3v) is 3.61. The maximum atomic E-state index is 14.4. The van der Waals surface area contributed by atoms with Crippen LogP contribution in [0.1, 0.15) is 29.2 Å². The van der Waals surface area contributed by atoms with Gasteiger partial charge in [-0.15, -0.1) is 5.10 Å². The smallest absolute Gasteiger partial charge is 0.350 e. The lowest BCUT2D eigenvalue weighted by Gasteiger charge is -2.17. The number of aliphatic hydroxyl groups is 1. The summed E-state index contributed by atoms with van der Waals surface area (Å²) >= 11 is 0. The van der Waals surface area contributed by atoms with Gasteiger partial charge in [0.25, 0.3) is 6.43 Å². The Morgan fingerprint density at radius 1 is 1.37 bits per heavy atom. The number of benzene rings is 1. The maximum absolute atomic E-state index is 14.4. The van der Waals surface area contributed by atoms with Crippen molar-refractivity contribution in [3.05, 3.63) is 39.8 Å². The number of hydrogen-bond acceptors (Lipinski definition) is 5. The predicted octanol–water partition coefficient (Wildman–Crippen LogP) is 1.44. The largest absolute Gasteiger partial charge is 0.481 e. The second kappa shape index (κ2) is 7.78. The second-order valence-corrected chi connectivity index (χ2v) is 5.54. The van der Waals surface area contributed by atoms with Gasteiger partial charge in [-0.3, -0.25) is 4.57 Å². The minimum atomic E-state index is -3.27. The molecule has 0 amide bonds. The van der Waals surface area contributed by atoms with Gasteiger partial charge in [0, 0.05) is 13.1 Å². The van der Waals surface area contributed by atoms with Crippen molar-refractivity contribution >= 4 is 5.97 Å². The van der Waals surface area contributed by atoms with Gasteiger partial charge in [-0.05, 0) is 13.0 Å². The van der Waals surface area contributed by atoms with Gasteiger partial charge in [-0.25, -0.2) is 27.2 Å². The number of aromatic carboxylic acids is 1. The van der Waals surface area contributed by atoms with E-state index >= 15 is 0 Å². The van der Waals surface area contributed by atoms with E-state index in [2.05, 4.69) is 9.84 Å². The van der Waals surface area contributed by atoms with E-state index in [1.807, 2.05) is 0 Å². The first-order chi connectivity index (χ1) is 12.6. The molecule has 1 heterocycles. The van der Waals surface area contributed by atoms with Gasteiger partial charge in [-0.2, -0.15) is 4.68 Å². The monoisotopic (exact) mass is 393 g/mol. The van der Waals surface area contributed by atoms with Crippen molar-refractivity contribution < 1.29 is 37.3 Å². The number of hydrogen-bond donors (Lipinski definition) is 2. The van der Waals surface area contributed by atoms with Gasteiger partial charge in [0.2, 0.25) is 0 Å². The fraction of sp³-hybridized carbons (Fsp3) is 0.400. The van der Waals surface area contributed by atoms with Gasteiger partial charge in [-0.1, -0.05) is 0 Å². The first-order valence-electron chi connectivity index (χ1n) is 7.50. The third-order valence-electron chi connectivity index (χ3n) is 3.61. The number of carboxylic acid groups (broad SMARTS) is 1. The van der Waals surface area contributed by atoms with Crippen molar-refractivity contribution in [2.75, 3.05) is 6.67 Å². The topological polar surface area (TPSA) is 107 Å². The standard InChI is InChI=1S/C15H15F4N3O5/c1-6(23)13-20-22(15(26)21(13)2)9-4-10(27-11(5-16)12(18)19)7(14(24)25)3-8(9)17/h3-4,6,11-12,23H,5H2,1-2H3,(H,24,25)/t6-,11-/m0/s1. The summed E-state index contributed by atoms with van der Waals surface area (Å²) in [6, 6.07) is 1.10. The summed E-state index contributed by atoms with van der Waals surface area (Å²) in [5.41, 5.74) is -2.35. The van der Waals surface area contributed by atoms with Crippen LogP contribution in [0.5, 0.6) is 5.75 Å². The molecule has 2 aromatic rings. The molecule has 148 valence electrons. The van der Waals surface area contributed by atoms with Crippen LogP contribution in [-0.2, 0) is 7.05 Å². The second-order valence-electron chi connectivity index (χ2n) is 5.54. The van der Waals surface area contributed by atoms with E-state index in [1.54, 1.807) is 0 Å². The number of carbonyl (C=O) groups is 1. The number of aliphatic hydroxyl groups excluding tert-OH is 1. The molecule has 0 bridgehead atoms. The Morgan fingerprint density at radius 3 is 2.44 bits per heavy atom. The molecule has 0 unspecified atom stereocenters. The van der Waals surface area contributed by atoms with Crippen LogP contribution in [0.4, 0.5) is 17.6 Å². The van der Waals surface area contributed by atoms with Gasteiger partial charge in [0.15, 0.2) is 11.9 Å². The van der Waals surface area contributed by atoms with Crippen molar-refractivity contribution in [1.29, 1.82) is 0 Å². The summed E-state index contributed by atoms with van der Waals surface area (Å²) < 4.78 is 58.7. The molecule has 2 N–H and O–H groups in total. The van der Waals surface area contributed by atoms with Crippen LogP contribution in [0.25, 0.3) is 5.69 Å². The molecular weight excluding hydrogens is 378 g/mol. The average Bonchev–Trinajstić information content (AvgIpc) is 2.88. The first-order valence-corrected chi connectivity index (χ1v) is 7.50. The van der Waals surface area contributed by atoms with Crippen LogP contribution in [0.3, 0.4) is 0 Å². The quantitative estimate of drug-likeness (QED) is 0.690. The van der Waals surface area contributed by atoms with E-state index in [4.69, 9.17) is 5.11 Å². The molecule has 2 atom stereocenters. The Labute approximate surface area is 149 Å². The molecule has 0 saturated heterocycles. The Balaban J connectivity index is 2.66. The van der Waals surface area contributed by atoms with Crippen LogP contribution in [0.2, 0.25) is 0 Å². The van der Waals surface area contributed by atoms with E-state index in [0.717, 1.165) is 4.57 Å². The number of nitrogens with zero attached hydrogens (tertiary/aromatic N) is 3. The molecular formula is C15H15F4N3O5. The summed E-state index contributed by atoms with van der Waals surface area (Å²) in [6.45, 7) is -0.321. The fourth-order valence-electron chi connectivity index (χ4n) is 2.26. The molecule has 2 rings (SSSR count). The van der Waals surface area contributed by atoms with Gasteiger partial charge in [0.05, 0.1) is 0 Å². The SMILES string of the molecule is C[C@H](O)c1nn(-c2cc(O[C@@H](CF)C(F)F)c(C(=O)O)cc2F)c(=O)n1C. The van der Waals surface area contributed by atoms with Gasteiger partial charge in [0.1, 0.15) is 35.6 Å². The Morgan fingerprint density at radius 2 is 2.00 bits per heavy atom. The highest BCUT2D eigenvalue weighted by Crippen LogP contribution is 2.27. The van der Waals surface area contributed by atoms with E-state index in [0.29, 0.717) is 16.8 Å². The third kappa shape index (κ3) is 3.94. The van der Waals surface area contributed by atoms with E-state index < -0.39 is 59.8 Å². The Bertz CT molecular complexity index is 910. The lowest BCUT2D eigenvalue weighted by Crippen LogP contribution is -2.29. The highest BCUT2D eigenvalue weighted by atomic mass is 19.3. The van der Waals surface area contributed by atoms with Crippen molar-refractivity contribution in [3.8, 4) is 11.4 Å². The van der Waals surface area contributed by atoms with Crippen molar-refractivity contribution in [1.82, 2.24) is 14.3 Å². The van der Waals surface area contributed by atoms with Crippen LogP contribution in [-0.4, -0.2) is 49.7 Å². The van der Waals surface area contributed by atoms with Gasteiger partial charge >= 0.3 is 11.7 Å². The number of rotatable bonds is 7. The molecule has 0 aliphatic rings. The van der Waals surface area contributed by atoms with Crippen molar-refractivity contribution in [2.24, 2.45) is 7.05 Å². The highest BCUT2D eigenvalue weighted by Gasteiger charge is 2.27. The molecule has 0 radical (unpaired) electrons. The van der Waals surface area contributed by atoms with Crippen molar-refractivity contribution in [2.45, 2.75) is 25.6 Å². The van der Waals surface area contributed by atoms with Crippen LogP contribution < -0.4 is 10.4 Å². The highest BCUT2D eigenvalue weighted by molar-refractivity contribution is 5.91. The normalized spacial score (nSPS) is 13.6. The lowest BCUT2D eigenvalue weighted by molar-refractivity contribution is -0.00198. The molecule has 1 aromatic carbocycles. The molecule has 0 aliphatic carbocycles. The van der Waals surface area contributed by atoms with Crippen molar-refractivity contribution in [3.63, 3.8) is 0 Å². The summed E-state index contributed by atoms with van der Waals surface area (Å²) in [7, 11) is 1.25. The molecule has 12 heteroatoms. The average molecular weight is 393 g/mol. The van der Waals surface area contributed by atoms with E-state index in [-0.39, 0.29) is 5.82 Å². The predicted molar refractivity (Wildman–Crippen MR) is 82.8 cm³/mol. The summed E-state index contributed by atoms with van der Waals surface area (Å²) in [6.07, 6.45) is -6.74. The number of carboxylic acids is 1. The Hall–Kier alpha value is -2.89. The molecule has 0 saturated carbocycles. The lowest BCUT2D eigenvalue weighted by atomic mass is 10.1. The number of ether oxygens (including phenoxy) is 1. The first kappa shape index (κ1) is 20.4. The van der Waals surface area contributed by atoms with Gasteiger partial charge < -0.3 is 14.9 Å². The summed E-state index contributed by atoms with van der Waals surface area (Å²) in [5, 5.41) is 22.4. The van der Waals surface area contributed by atoms with E-state index in [1.165, 1.54) is 14.0 Å². The molecule has 27 heavy (non-hydrogen) atoms. The zero-order valence-corrected chi connectivity index (χ0v) is 14.1. The zero-order chi connectivity index (χ0) is 20.5. The molecule has 1 aromatic heterocycles. The number of halogens is 4. The van der Waals surface area contributed by atoms with E-state index in [9.17, 15) is 32.3 Å². The molecule has 0 aliphatic heterocycles. The number of aromatic nitrogens is 3. The summed E-state index contributed by atoms with van der Waals surface area (Å²) in [5.74, 6) is -3.82. The van der Waals surface area contributed by atoms with Crippen LogP contribution >= 0.6 is 0 Å². The minimum Gasteiger partial charge on any atom is -0.481 e. The molecule has 8 nitrogen and oxygen atoms in total. The summed E-state index contributed by atoms with van der Waals surface area (Å²) in [4.78, 5) is 23.4. The molecule has 0 fully saturated rings. The fourth-order valence-corrected chi connectivity index (χ4v) is 2.26.